The van der Waals surface area contributed by atoms with Crippen molar-refractivity contribution in [3.8, 4) is 0 Å². The lowest BCUT2D eigenvalue weighted by molar-refractivity contribution is -0.163. The van der Waals surface area contributed by atoms with E-state index in [1.165, 1.54) is 19.3 Å². The summed E-state index contributed by atoms with van der Waals surface area (Å²) in [6.45, 7) is 3.67. The molecule has 2 aliphatic heterocycles. The maximum Gasteiger partial charge on any atom is 0.144 e. The van der Waals surface area contributed by atoms with Crippen molar-refractivity contribution in [1.82, 2.24) is 5.32 Å². The molecule has 0 aromatic heterocycles. The fraction of sp³-hybridized carbons (Fsp3) is 1.00. The van der Waals surface area contributed by atoms with Gasteiger partial charge in [-0.1, -0.05) is 6.42 Å². The first-order valence-corrected chi connectivity index (χ1v) is 5.30. The molecule has 3 fully saturated rings. The second-order valence-corrected chi connectivity index (χ2v) is 4.79. The Morgan fingerprint density at radius 2 is 2.00 bits per heavy atom. The molecule has 3 rings (SSSR count). The van der Waals surface area contributed by atoms with Gasteiger partial charge in [0.05, 0.1) is 19.8 Å². The molecule has 2 saturated heterocycles. The summed E-state index contributed by atoms with van der Waals surface area (Å²) in [5.74, 6) is 0. The van der Waals surface area contributed by atoms with Gasteiger partial charge in [-0.15, -0.1) is 0 Å². The zero-order valence-corrected chi connectivity index (χ0v) is 7.97. The lowest BCUT2D eigenvalue weighted by atomic mass is 9.68. The number of nitrogens with one attached hydrogen (secondary N) is 1. The van der Waals surface area contributed by atoms with Crippen LogP contribution in [0.3, 0.4) is 0 Å². The lowest BCUT2D eigenvalue weighted by Gasteiger charge is -2.50. The van der Waals surface area contributed by atoms with E-state index in [9.17, 15) is 0 Å². The summed E-state index contributed by atoms with van der Waals surface area (Å²) in [6, 6.07) is 0. The largest absolute Gasteiger partial charge is 0.377 e. The first-order valence-electron chi connectivity index (χ1n) is 5.30. The summed E-state index contributed by atoms with van der Waals surface area (Å²) in [7, 11) is 0. The Hall–Kier alpha value is -0.120. The molecule has 74 valence electrons. The van der Waals surface area contributed by atoms with Gasteiger partial charge in [0.25, 0.3) is 0 Å². The van der Waals surface area contributed by atoms with Crippen molar-refractivity contribution >= 4 is 0 Å². The predicted molar refractivity (Wildman–Crippen MR) is 48.4 cm³/mol. The highest BCUT2D eigenvalue weighted by atomic mass is 16.6. The monoisotopic (exact) mass is 183 g/mol. The van der Waals surface area contributed by atoms with Gasteiger partial charge in [0, 0.05) is 18.4 Å². The van der Waals surface area contributed by atoms with Gasteiger partial charge in [0.2, 0.25) is 0 Å². The summed E-state index contributed by atoms with van der Waals surface area (Å²) in [5.41, 5.74) is 0.384. The number of ether oxygens (including phenoxy) is 2. The highest BCUT2D eigenvalue weighted by Gasteiger charge is 2.47. The molecule has 1 N–H and O–H groups in total. The Kier molecular flexibility index (Phi) is 1.70. The van der Waals surface area contributed by atoms with E-state index in [0.29, 0.717) is 5.41 Å². The van der Waals surface area contributed by atoms with Gasteiger partial charge < -0.3 is 9.47 Å². The molecule has 0 aromatic rings. The van der Waals surface area contributed by atoms with Gasteiger partial charge in [-0.05, 0) is 12.8 Å². The van der Waals surface area contributed by atoms with Gasteiger partial charge in [0.1, 0.15) is 5.72 Å². The molecule has 3 aliphatic rings. The van der Waals surface area contributed by atoms with Crippen molar-refractivity contribution in [1.29, 1.82) is 0 Å². The van der Waals surface area contributed by atoms with E-state index in [4.69, 9.17) is 9.47 Å². The van der Waals surface area contributed by atoms with E-state index in [1.54, 1.807) is 0 Å². The van der Waals surface area contributed by atoms with Crippen molar-refractivity contribution in [3.63, 3.8) is 0 Å². The van der Waals surface area contributed by atoms with Crippen LogP contribution in [0.25, 0.3) is 0 Å². The topological polar surface area (TPSA) is 30.5 Å². The van der Waals surface area contributed by atoms with Gasteiger partial charge in [-0.3, -0.25) is 5.32 Å². The van der Waals surface area contributed by atoms with Crippen molar-refractivity contribution in [2.24, 2.45) is 5.41 Å². The average molecular weight is 183 g/mol. The minimum absolute atomic E-state index is 0.110. The number of rotatable bonds is 0. The van der Waals surface area contributed by atoms with Crippen LogP contribution in [0.5, 0.6) is 0 Å². The standard InChI is InChI=1S/C10H17NO2/c1-2-9(3-1)6-11-10(13-7-9)4-5-12-8-10/h11H,1-8H2. The van der Waals surface area contributed by atoms with Crippen molar-refractivity contribution < 1.29 is 9.47 Å². The van der Waals surface area contributed by atoms with Crippen molar-refractivity contribution in [2.75, 3.05) is 26.4 Å². The predicted octanol–water partition coefficient (Wildman–Crippen LogP) is 0.893. The van der Waals surface area contributed by atoms with Crippen LogP contribution in [0, 0.1) is 5.41 Å². The molecule has 0 aromatic carbocycles. The zero-order chi connectivity index (χ0) is 8.78. The molecule has 3 heteroatoms. The summed E-state index contributed by atoms with van der Waals surface area (Å²) < 4.78 is 11.3. The van der Waals surface area contributed by atoms with Crippen LogP contribution in [-0.4, -0.2) is 32.1 Å². The van der Waals surface area contributed by atoms with Crippen LogP contribution in [0.15, 0.2) is 0 Å². The van der Waals surface area contributed by atoms with Crippen LogP contribution < -0.4 is 5.32 Å². The Bertz CT molecular complexity index is 195. The summed E-state index contributed by atoms with van der Waals surface area (Å²) in [6.07, 6.45) is 5.09. The summed E-state index contributed by atoms with van der Waals surface area (Å²) >= 11 is 0. The maximum absolute atomic E-state index is 5.95. The molecule has 0 bridgehead atoms. The fourth-order valence-electron chi connectivity index (χ4n) is 2.54. The van der Waals surface area contributed by atoms with E-state index < -0.39 is 0 Å². The third-order valence-corrected chi connectivity index (χ3v) is 3.84. The minimum atomic E-state index is -0.110. The molecule has 13 heavy (non-hydrogen) atoms. The van der Waals surface area contributed by atoms with Crippen LogP contribution in [-0.2, 0) is 9.47 Å². The van der Waals surface area contributed by atoms with Crippen LogP contribution >= 0.6 is 0 Å². The first kappa shape index (κ1) is 8.21. The molecule has 0 amide bonds. The molecule has 3 nitrogen and oxygen atoms in total. The zero-order valence-electron chi connectivity index (χ0n) is 7.97. The lowest BCUT2D eigenvalue weighted by Crippen LogP contribution is -2.61. The molecular formula is C10H17NO2. The first-order chi connectivity index (χ1) is 6.33. The number of hydrogen-bond donors (Lipinski definition) is 1. The summed E-state index contributed by atoms with van der Waals surface area (Å²) in [4.78, 5) is 0. The normalized spacial score (nSPS) is 42.5. The summed E-state index contributed by atoms with van der Waals surface area (Å²) in [5, 5.41) is 3.54. The second kappa shape index (κ2) is 2.69. The Balaban J connectivity index is 1.66. The Morgan fingerprint density at radius 1 is 1.08 bits per heavy atom. The molecule has 1 unspecified atom stereocenters. The van der Waals surface area contributed by atoms with Gasteiger partial charge in [-0.25, -0.2) is 0 Å². The van der Waals surface area contributed by atoms with Gasteiger partial charge in [-0.2, -0.15) is 0 Å². The van der Waals surface area contributed by atoms with Crippen molar-refractivity contribution in [2.45, 2.75) is 31.4 Å². The van der Waals surface area contributed by atoms with E-state index in [2.05, 4.69) is 5.32 Å². The molecule has 1 saturated carbocycles. The molecule has 1 aliphatic carbocycles. The van der Waals surface area contributed by atoms with E-state index in [0.717, 1.165) is 32.8 Å². The third-order valence-electron chi connectivity index (χ3n) is 3.84. The van der Waals surface area contributed by atoms with Crippen LogP contribution in [0.4, 0.5) is 0 Å². The van der Waals surface area contributed by atoms with Crippen LogP contribution in [0.1, 0.15) is 25.7 Å². The number of hydrogen-bond acceptors (Lipinski definition) is 3. The average Bonchev–Trinajstić information content (AvgIpc) is 2.53. The Morgan fingerprint density at radius 3 is 2.46 bits per heavy atom. The van der Waals surface area contributed by atoms with Gasteiger partial charge >= 0.3 is 0 Å². The van der Waals surface area contributed by atoms with Crippen LogP contribution in [0.2, 0.25) is 0 Å². The third kappa shape index (κ3) is 1.22. The maximum atomic E-state index is 5.95. The molecule has 1 atom stereocenters. The quantitative estimate of drug-likeness (QED) is 0.605. The molecule has 2 spiro atoms. The highest BCUT2D eigenvalue weighted by Crippen LogP contribution is 2.44. The van der Waals surface area contributed by atoms with Gasteiger partial charge in [0.15, 0.2) is 0 Å². The smallest absolute Gasteiger partial charge is 0.144 e. The van der Waals surface area contributed by atoms with E-state index in [1.807, 2.05) is 0 Å². The highest BCUT2D eigenvalue weighted by molar-refractivity contribution is 4.97. The minimum Gasteiger partial charge on any atom is -0.377 e. The molecular weight excluding hydrogens is 166 g/mol. The Labute approximate surface area is 78.8 Å². The fourth-order valence-corrected chi connectivity index (χ4v) is 2.54. The van der Waals surface area contributed by atoms with E-state index >= 15 is 0 Å². The molecule has 2 heterocycles. The SMILES string of the molecule is C1CC2(C1)CNC1(CCOC1)OC2. The van der Waals surface area contributed by atoms with E-state index in [-0.39, 0.29) is 5.72 Å². The second-order valence-electron chi connectivity index (χ2n) is 4.79. The van der Waals surface area contributed by atoms with Crippen molar-refractivity contribution in [3.05, 3.63) is 0 Å². The molecule has 0 radical (unpaired) electrons.